The van der Waals surface area contributed by atoms with Crippen molar-refractivity contribution in [1.82, 2.24) is 19.1 Å². The van der Waals surface area contributed by atoms with E-state index in [4.69, 9.17) is 14.4 Å². The Morgan fingerprint density at radius 1 is 0.382 bits per heavy atom. The maximum absolute atomic E-state index is 6.73. The number of hydrogen-bond acceptors (Lipinski definition) is 3. The van der Waals surface area contributed by atoms with E-state index in [9.17, 15) is 0 Å². The van der Waals surface area contributed by atoms with Crippen LogP contribution in [-0.2, 0) is 0 Å². The van der Waals surface area contributed by atoms with Gasteiger partial charge in [0.2, 0.25) is 0 Å². The SMILES string of the molecule is c1ccc(-c2ccc3c4cc5c6c7oc8ccccc8c7ccc6n(-c6ccccc6)c5cc4n(-c4nc5ccccc5nc4-c4ccccc4)c3c2)cc1. The first-order chi connectivity index (χ1) is 27.3. The number of aromatic nitrogens is 4. The maximum atomic E-state index is 6.73. The minimum atomic E-state index is 0.788. The van der Waals surface area contributed by atoms with E-state index in [1.807, 2.05) is 36.4 Å². The van der Waals surface area contributed by atoms with Crippen molar-refractivity contribution in [3.05, 3.63) is 182 Å². The second-order valence-corrected chi connectivity index (χ2v) is 14.2. The summed E-state index contributed by atoms with van der Waals surface area (Å²) in [6.45, 7) is 0. The van der Waals surface area contributed by atoms with Crippen molar-refractivity contribution in [3.63, 3.8) is 0 Å². The molecule has 0 saturated heterocycles. The Bertz CT molecular complexity index is 3470. The Kier molecular flexibility index (Phi) is 6.27. The average Bonchev–Trinajstić information content (AvgIpc) is 3.90. The quantitative estimate of drug-likeness (QED) is 0.183. The summed E-state index contributed by atoms with van der Waals surface area (Å²) in [7, 11) is 0. The molecule has 0 N–H and O–H groups in total. The molecule has 0 aliphatic rings. The first-order valence-corrected chi connectivity index (χ1v) is 18.6. The molecule has 8 aromatic carbocycles. The van der Waals surface area contributed by atoms with Crippen molar-refractivity contribution in [1.29, 1.82) is 0 Å². The molecule has 0 aliphatic carbocycles. The van der Waals surface area contributed by atoms with Crippen molar-refractivity contribution in [2.45, 2.75) is 0 Å². The molecule has 12 rings (SSSR count). The number of furan rings is 1. The molecule has 55 heavy (non-hydrogen) atoms. The second-order valence-electron chi connectivity index (χ2n) is 14.2. The molecule has 0 aliphatic heterocycles. The molecule has 5 heteroatoms. The van der Waals surface area contributed by atoms with E-state index >= 15 is 0 Å². The lowest BCUT2D eigenvalue weighted by atomic mass is 10.0. The molecule has 0 amide bonds. The lowest BCUT2D eigenvalue weighted by Crippen LogP contribution is -2.04. The van der Waals surface area contributed by atoms with Crippen LogP contribution in [0.2, 0.25) is 0 Å². The molecule has 0 atom stereocenters. The van der Waals surface area contributed by atoms with Gasteiger partial charge in [-0.3, -0.25) is 4.57 Å². The Labute approximate surface area is 315 Å². The molecule has 0 saturated carbocycles. The van der Waals surface area contributed by atoms with Crippen LogP contribution in [0.4, 0.5) is 0 Å². The van der Waals surface area contributed by atoms with Gasteiger partial charge in [-0.1, -0.05) is 121 Å². The van der Waals surface area contributed by atoms with Gasteiger partial charge in [-0.05, 0) is 71.8 Å². The van der Waals surface area contributed by atoms with Crippen LogP contribution in [0.5, 0.6) is 0 Å². The minimum absolute atomic E-state index is 0.788. The van der Waals surface area contributed by atoms with Crippen molar-refractivity contribution in [2.24, 2.45) is 0 Å². The standard InChI is InChI=1S/C50H30N4O/c1-4-14-31(15-5-1)33-24-25-35-38-29-39-45(53(34-18-8-3-9-19-34)42-27-26-37-36-20-10-13-23-46(36)55-49(37)47(39)42)30-44(38)54(43(35)28-33)50-48(32-16-6-2-7-17-32)51-40-21-11-12-22-41(40)52-50/h1-30H. The van der Waals surface area contributed by atoms with Gasteiger partial charge in [-0.25, -0.2) is 9.97 Å². The molecule has 12 aromatic rings. The first-order valence-electron chi connectivity index (χ1n) is 18.6. The highest BCUT2D eigenvalue weighted by Crippen LogP contribution is 2.45. The lowest BCUT2D eigenvalue weighted by molar-refractivity contribution is 0.673. The van der Waals surface area contributed by atoms with Gasteiger partial charge in [-0.15, -0.1) is 0 Å². The first kappa shape index (κ1) is 30.0. The summed E-state index contributed by atoms with van der Waals surface area (Å²) in [4.78, 5) is 10.8. The van der Waals surface area contributed by atoms with E-state index in [1.54, 1.807) is 0 Å². The third-order valence-corrected chi connectivity index (χ3v) is 11.1. The van der Waals surface area contributed by atoms with E-state index in [-0.39, 0.29) is 0 Å². The van der Waals surface area contributed by atoms with Gasteiger partial charge in [-0.2, -0.15) is 0 Å². The van der Waals surface area contributed by atoms with Crippen LogP contribution in [0.3, 0.4) is 0 Å². The molecule has 4 aromatic heterocycles. The van der Waals surface area contributed by atoms with Crippen molar-refractivity contribution in [3.8, 4) is 33.9 Å². The Morgan fingerprint density at radius 3 is 1.82 bits per heavy atom. The summed E-state index contributed by atoms with van der Waals surface area (Å²) in [6, 6.07) is 64.1. The highest BCUT2D eigenvalue weighted by Gasteiger charge is 2.24. The van der Waals surface area contributed by atoms with Crippen LogP contribution < -0.4 is 0 Å². The molecule has 256 valence electrons. The third kappa shape index (κ3) is 4.41. The Morgan fingerprint density at radius 2 is 1.02 bits per heavy atom. The molecular weight excluding hydrogens is 673 g/mol. The van der Waals surface area contributed by atoms with Gasteiger partial charge in [0.1, 0.15) is 16.9 Å². The smallest absolute Gasteiger partial charge is 0.165 e. The summed E-state index contributed by atoms with van der Waals surface area (Å²) in [5.74, 6) is 0.788. The van der Waals surface area contributed by atoms with Crippen LogP contribution in [0.25, 0.3) is 110 Å². The summed E-state index contributed by atoms with van der Waals surface area (Å²) in [6.07, 6.45) is 0. The Hall–Kier alpha value is -7.50. The summed E-state index contributed by atoms with van der Waals surface area (Å²) < 4.78 is 11.4. The molecule has 0 spiro atoms. The van der Waals surface area contributed by atoms with Crippen LogP contribution in [-0.4, -0.2) is 19.1 Å². The number of benzene rings is 8. The van der Waals surface area contributed by atoms with E-state index in [0.717, 1.165) is 110 Å². The Balaban J connectivity index is 1.28. The summed E-state index contributed by atoms with van der Waals surface area (Å²) in [5.41, 5.74) is 13.0. The molecule has 4 heterocycles. The van der Waals surface area contributed by atoms with Crippen molar-refractivity contribution in [2.75, 3.05) is 0 Å². The second kappa shape index (κ2) is 11.5. The number of nitrogens with zero attached hydrogens (tertiary/aromatic N) is 4. The fraction of sp³-hybridized carbons (Fsp3) is 0. The van der Waals surface area contributed by atoms with Crippen molar-refractivity contribution >= 4 is 76.6 Å². The zero-order chi connectivity index (χ0) is 36.0. The van der Waals surface area contributed by atoms with Gasteiger partial charge in [0, 0.05) is 38.2 Å². The maximum Gasteiger partial charge on any atom is 0.165 e. The van der Waals surface area contributed by atoms with Gasteiger partial charge < -0.3 is 8.98 Å². The van der Waals surface area contributed by atoms with Crippen LogP contribution >= 0.6 is 0 Å². The minimum Gasteiger partial charge on any atom is -0.455 e. The van der Waals surface area contributed by atoms with Crippen LogP contribution in [0.1, 0.15) is 0 Å². The molecular formula is C50H30N4O. The summed E-state index contributed by atoms with van der Waals surface area (Å²) in [5, 5.41) is 6.75. The van der Waals surface area contributed by atoms with E-state index in [0.29, 0.717) is 0 Å². The van der Waals surface area contributed by atoms with Gasteiger partial charge in [0.25, 0.3) is 0 Å². The molecule has 5 nitrogen and oxygen atoms in total. The molecule has 0 fully saturated rings. The van der Waals surface area contributed by atoms with Gasteiger partial charge in [0.15, 0.2) is 5.82 Å². The highest BCUT2D eigenvalue weighted by molar-refractivity contribution is 6.27. The lowest BCUT2D eigenvalue weighted by Gasteiger charge is -2.14. The fourth-order valence-corrected chi connectivity index (χ4v) is 8.62. The third-order valence-electron chi connectivity index (χ3n) is 11.1. The van der Waals surface area contributed by atoms with E-state index in [2.05, 4.69) is 155 Å². The number of fused-ring (bicyclic) bond motifs is 11. The van der Waals surface area contributed by atoms with E-state index < -0.39 is 0 Å². The summed E-state index contributed by atoms with van der Waals surface area (Å²) >= 11 is 0. The van der Waals surface area contributed by atoms with E-state index in [1.165, 1.54) is 0 Å². The number of rotatable bonds is 4. The zero-order valence-electron chi connectivity index (χ0n) is 29.5. The fourth-order valence-electron chi connectivity index (χ4n) is 8.62. The monoisotopic (exact) mass is 702 g/mol. The zero-order valence-corrected chi connectivity index (χ0v) is 29.5. The molecule has 0 unspecified atom stereocenters. The number of para-hydroxylation sites is 4. The topological polar surface area (TPSA) is 48.8 Å². The molecule has 0 radical (unpaired) electrons. The number of hydrogen-bond donors (Lipinski definition) is 0. The largest absolute Gasteiger partial charge is 0.455 e. The van der Waals surface area contributed by atoms with Crippen molar-refractivity contribution < 1.29 is 4.42 Å². The predicted octanol–water partition coefficient (Wildman–Crippen LogP) is 13.1. The van der Waals surface area contributed by atoms with Crippen LogP contribution in [0.15, 0.2) is 186 Å². The van der Waals surface area contributed by atoms with Gasteiger partial charge >= 0.3 is 0 Å². The average molecular weight is 703 g/mol. The molecule has 0 bridgehead atoms. The normalized spacial score (nSPS) is 12.0. The highest BCUT2D eigenvalue weighted by atomic mass is 16.3. The van der Waals surface area contributed by atoms with Gasteiger partial charge in [0.05, 0.1) is 38.5 Å². The van der Waals surface area contributed by atoms with Crippen LogP contribution in [0, 0.1) is 0 Å². The predicted molar refractivity (Wildman–Crippen MR) is 226 cm³/mol.